The second-order valence-electron chi connectivity index (χ2n) is 6.68. The molecule has 3 rings (SSSR count). The zero-order valence-electron chi connectivity index (χ0n) is 16.8. The van der Waals surface area contributed by atoms with Gasteiger partial charge in [0.2, 0.25) is 5.95 Å². The third-order valence-electron chi connectivity index (χ3n) is 4.54. The number of benzene rings is 2. The molecule has 0 saturated heterocycles. The van der Waals surface area contributed by atoms with Crippen molar-refractivity contribution in [1.82, 2.24) is 14.9 Å². The van der Waals surface area contributed by atoms with Crippen LogP contribution in [-0.2, 0) is 11.3 Å². The lowest BCUT2D eigenvalue weighted by Gasteiger charge is -2.17. The zero-order chi connectivity index (χ0) is 21.5. The SMILES string of the molecule is COCCNC(=O)c1cn(Cc2ccccc2)c(Nc2cccc(Cl)c2C)nc1=O. The molecule has 0 fully saturated rings. The quantitative estimate of drug-likeness (QED) is 0.539. The van der Waals surface area contributed by atoms with Gasteiger partial charge in [-0.15, -0.1) is 0 Å². The van der Waals surface area contributed by atoms with Crippen molar-refractivity contribution in [3.8, 4) is 0 Å². The number of hydrogen-bond donors (Lipinski definition) is 2. The average Bonchev–Trinajstić information content (AvgIpc) is 2.74. The van der Waals surface area contributed by atoms with Gasteiger partial charge in [-0.1, -0.05) is 48.0 Å². The van der Waals surface area contributed by atoms with Crippen LogP contribution >= 0.6 is 11.6 Å². The van der Waals surface area contributed by atoms with Gasteiger partial charge in [0.05, 0.1) is 13.2 Å². The number of carbonyl (C=O) groups excluding carboxylic acids is 1. The summed E-state index contributed by atoms with van der Waals surface area (Å²) in [5.41, 5.74) is 1.92. The number of aromatic nitrogens is 2. The van der Waals surface area contributed by atoms with Crippen LogP contribution < -0.4 is 16.2 Å². The molecule has 30 heavy (non-hydrogen) atoms. The van der Waals surface area contributed by atoms with E-state index in [9.17, 15) is 9.59 Å². The minimum Gasteiger partial charge on any atom is -0.383 e. The summed E-state index contributed by atoms with van der Waals surface area (Å²) in [6.07, 6.45) is 1.52. The molecule has 0 unspecified atom stereocenters. The van der Waals surface area contributed by atoms with E-state index in [1.807, 2.05) is 49.4 Å². The van der Waals surface area contributed by atoms with Gasteiger partial charge in [-0.05, 0) is 30.2 Å². The number of carbonyl (C=O) groups is 1. The zero-order valence-corrected chi connectivity index (χ0v) is 17.6. The molecule has 0 bridgehead atoms. The highest BCUT2D eigenvalue weighted by Gasteiger charge is 2.16. The fraction of sp³-hybridized carbons (Fsp3) is 0.227. The summed E-state index contributed by atoms with van der Waals surface area (Å²) in [6.45, 7) is 2.95. The van der Waals surface area contributed by atoms with Gasteiger partial charge in [-0.2, -0.15) is 4.98 Å². The first-order valence-electron chi connectivity index (χ1n) is 9.44. The van der Waals surface area contributed by atoms with E-state index in [0.29, 0.717) is 30.7 Å². The standard InChI is InChI=1S/C22H23ClN4O3/c1-15-18(23)9-6-10-19(15)25-22-26-21(29)17(20(28)24-11-12-30-2)14-27(22)13-16-7-4-3-5-8-16/h3-10,14H,11-13H2,1-2H3,(H,24,28)(H,25,26,29). The van der Waals surface area contributed by atoms with Crippen LogP contribution in [0.3, 0.4) is 0 Å². The lowest BCUT2D eigenvalue weighted by molar-refractivity contribution is 0.0934. The molecule has 1 aromatic heterocycles. The number of rotatable bonds is 8. The number of amides is 1. The maximum absolute atomic E-state index is 12.6. The first-order chi connectivity index (χ1) is 14.5. The van der Waals surface area contributed by atoms with E-state index in [4.69, 9.17) is 16.3 Å². The Kier molecular flexibility index (Phi) is 7.21. The minimum absolute atomic E-state index is 0.0320. The van der Waals surface area contributed by atoms with Crippen LogP contribution in [0.1, 0.15) is 21.5 Å². The Hall–Kier alpha value is -3.16. The number of anilines is 2. The molecule has 7 nitrogen and oxygen atoms in total. The summed E-state index contributed by atoms with van der Waals surface area (Å²) in [5, 5.41) is 6.44. The van der Waals surface area contributed by atoms with Gasteiger partial charge in [-0.3, -0.25) is 9.59 Å². The fourth-order valence-electron chi connectivity index (χ4n) is 2.87. The number of halogens is 1. The number of methoxy groups -OCH3 is 1. The normalized spacial score (nSPS) is 10.6. The van der Waals surface area contributed by atoms with E-state index in [1.54, 1.807) is 17.7 Å². The second kappa shape index (κ2) is 10.0. The van der Waals surface area contributed by atoms with Crippen molar-refractivity contribution in [2.75, 3.05) is 25.6 Å². The minimum atomic E-state index is -0.614. The summed E-state index contributed by atoms with van der Waals surface area (Å²) in [7, 11) is 1.54. The number of ether oxygens (including phenoxy) is 1. The third-order valence-corrected chi connectivity index (χ3v) is 4.95. The lowest BCUT2D eigenvalue weighted by atomic mass is 10.2. The van der Waals surface area contributed by atoms with Crippen molar-refractivity contribution in [2.24, 2.45) is 0 Å². The third kappa shape index (κ3) is 5.25. The predicted molar refractivity (Wildman–Crippen MR) is 118 cm³/mol. The van der Waals surface area contributed by atoms with Gasteiger partial charge >= 0.3 is 0 Å². The number of nitrogens with one attached hydrogen (secondary N) is 2. The average molecular weight is 427 g/mol. The van der Waals surface area contributed by atoms with Crippen LogP contribution in [0.5, 0.6) is 0 Å². The van der Waals surface area contributed by atoms with Gasteiger partial charge in [0.1, 0.15) is 5.56 Å². The highest BCUT2D eigenvalue weighted by atomic mass is 35.5. The largest absolute Gasteiger partial charge is 0.383 e. The van der Waals surface area contributed by atoms with E-state index in [1.165, 1.54) is 6.20 Å². The Bertz CT molecular complexity index is 1080. The van der Waals surface area contributed by atoms with Crippen molar-refractivity contribution in [3.05, 3.63) is 86.8 Å². The second-order valence-corrected chi connectivity index (χ2v) is 7.09. The predicted octanol–water partition coefficient (Wildman–Crippen LogP) is 3.37. The molecule has 0 aliphatic heterocycles. The van der Waals surface area contributed by atoms with Crippen molar-refractivity contribution in [1.29, 1.82) is 0 Å². The Morgan fingerprint density at radius 2 is 1.93 bits per heavy atom. The van der Waals surface area contributed by atoms with E-state index < -0.39 is 11.5 Å². The van der Waals surface area contributed by atoms with Crippen LogP contribution in [0, 0.1) is 6.92 Å². The molecule has 1 amide bonds. The molecule has 0 saturated carbocycles. The van der Waals surface area contributed by atoms with Crippen molar-refractivity contribution >= 4 is 29.1 Å². The maximum atomic E-state index is 12.6. The molecule has 0 radical (unpaired) electrons. The van der Waals surface area contributed by atoms with Crippen LogP contribution in [0.4, 0.5) is 11.6 Å². The molecule has 1 heterocycles. The van der Waals surface area contributed by atoms with E-state index in [0.717, 1.165) is 16.8 Å². The molecule has 2 N–H and O–H groups in total. The fourth-order valence-corrected chi connectivity index (χ4v) is 3.05. The highest BCUT2D eigenvalue weighted by molar-refractivity contribution is 6.31. The van der Waals surface area contributed by atoms with Crippen LogP contribution in [-0.4, -0.2) is 35.7 Å². The van der Waals surface area contributed by atoms with Gasteiger partial charge in [0.25, 0.3) is 11.5 Å². The van der Waals surface area contributed by atoms with Crippen LogP contribution in [0.25, 0.3) is 0 Å². The van der Waals surface area contributed by atoms with E-state index in [2.05, 4.69) is 15.6 Å². The number of nitrogens with zero attached hydrogens (tertiary/aromatic N) is 2. The smallest absolute Gasteiger partial charge is 0.287 e. The van der Waals surface area contributed by atoms with Gasteiger partial charge in [-0.25, -0.2) is 0 Å². The molecular formula is C22H23ClN4O3. The van der Waals surface area contributed by atoms with E-state index >= 15 is 0 Å². The van der Waals surface area contributed by atoms with E-state index in [-0.39, 0.29) is 5.56 Å². The summed E-state index contributed by atoms with van der Waals surface area (Å²) in [5.74, 6) is -0.167. The Labute approximate surface area is 179 Å². The van der Waals surface area contributed by atoms with Gasteiger partial charge < -0.3 is 19.9 Å². The molecule has 2 aromatic carbocycles. The molecule has 156 valence electrons. The van der Waals surface area contributed by atoms with Gasteiger partial charge in [0, 0.05) is 30.6 Å². The molecule has 0 atom stereocenters. The van der Waals surface area contributed by atoms with Crippen molar-refractivity contribution in [3.63, 3.8) is 0 Å². The summed E-state index contributed by atoms with van der Waals surface area (Å²) < 4.78 is 6.67. The lowest BCUT2D eigenvalue weighted by Crippen LogP contribution is -2.33. The molecule has 0 spiro atoms. The molecular weight excluding hydrogens is 404 g/mol. The first-order valence-corrected chi connectivity index (χ1v) is 9.82. The maximum Gasteiger partial charge on any atom is 0.287 e. The summed E-state index contributed by atoms with van der Waals surface area (Å²) in [4.78, 5) is 29.2. The molecule has 3 aromatic rings. The molecule has 0 aliphatic carbocycles. The number of hydrogen-bond acceptors (Lipinski definition) is 5. The Morgan fingerprint density at radius 3 is 2.67 bits per heavy atom. The van der Waals surface area contributed by atoms with Crippen LogP contribution in [0.2, 0.25) is 5.02 Å². The molecule has 0 aliphatic rings. The Morgan fingerprint density at radius 1 is 1.17 bits per heavy atom. The van der Waals surface area contributed by atoms with Crippen molar-refractivity contribution in [2.45, 2.75) is 13.5 Å². The first kappa shape index (κ1) is 21.5. The van der Waals surface area contributed by atoms with Crippen molar-refractivity contribution < 1.29 is 9.53 Å². The Balaban J connectivity index is 1.99. The summed E-state index contributed by atoms with van der Waals surface area (Å²) in [6, 6.07) is 15.2. The summed E-state index contributed by atoms with van der Waals surface area (Å²) >= 11 is 6.22. The van der Waals surface area contributed by atoms with Crippen LogP contribution in [0.15, 0.2) is 59.5 Å². The van der Waals surface area contributed by atoms with Gasteiger partial charge in [0.15, 0.2) is 0 Å². The highest BCUT2D eigenvalue weighted by Crippen LogP contribution is 2.25. The molecule has 8 heteroatoms. The monoisotopic (exact) mass is 426 g/mol. The topological polar surface area (TPSA) is 85.2 Å².